The van der Waals surface area contributed by atoms with E-state index in [1.165, 1.54) is 24.9 Å². The van der Waals surface area contributed by atoms with Gasteiger partial charge in [-0.3, -0.25) is 0 Å². The van der Waals surface area contributed by atoms with Crippen molar-refractivity contribution in [1.82, 2.24) is 5.32 Å². The second-order valence-electron chi connectivity index (χ2n) is 3.77. The SMILES string of the molecule is C=CCNC(=C\[C](=[W])OCC)/C=C/c1ccccc1.[C-]#[O+].[C-]#[O+].[C-]#[O+].[C-]#[O+].[C-]#[O+]. The third-order valence-corrected chi connectivity index (χ3v) is 3.11. The molecule has 0 aliphatic heterocycles. The summed E-state index contributed by atoms with van der Waals surface area (Å²) in [5.74, 6) is 0. The molecule has 150 valence electrons. The summed E-state index contributed by atoms with van der Waals surface area (Å²) in [6.07, 6.45) is 8.01. The summed E-state index contributed by atoms with van der Waals surface area (Å²) in [7, 11) is 0. The first-order chi connectivity index (χ1) is 14.3. The first kappa shape index (κ1) is 37.2. The maximum atomic E-state index is 7.50. The van der Waals surface area contributed by atoms with Gasteiger partial charge in [-0.05, 0) is 0 Å². The zero-order valence-electron chi connectivity index (χ0n) is 15.7. The molecule has 1 aromatic carbocycles. The van der Waals surface area contributed by atoms with E-state index in [4.69, 9.17) is 28.0 Å². The summed E-state index contributed by atoms with van der Waals surface area (Å²) < 4.78 is 44.0. The van der Waals surface area contributed by atoms with Gasteiger partial charge in [0.25, 0.3) is 0 Å². The summed E-state index contributed by atoms with van der Waals surface area (Å²) in [5, 5.41) is 3.30. The standard InChI is InChI=1S/C16H19NO.5CO.W/c1-3-13-17-16(12-14-18-4-2)11-10-15-8-6-5-7-9-15;5*1-2;/h3,5-12,17H,1,4,13H2,2H3;;;;;;/b11-10+,16-12-;;;;;;. The zero-order valence-corrected chi connectivity index (χ0v) is 18.6. The molecule has 0 radical (unpaired) electrons. The van der Waals surface area contributed by atoms with Crippen LogP contribution in [0.15, 0.2) is 60.8 Å². The number of hydrogen-bond donors (Lipinski definition) is 1. The van der Waals surface area contributed by atoms with Gasteiger partial charge in [0, 0.05) is 0 Å². The molecule has 0 heterocycles. The molecule has 0 fully saturated rings. The molecule has 0 atom stereocenters. The van der Waals surface area contributed by atoms with E-state index in [-0.39, 0.29) is 0 Å². The Hall–Kier alpha value is -2.54. The van der Waals surface area contributed by atoms with Crippen molar-refractivity contribution in [3.8, 4) is 0 Å². The summed E-state index contributed by atoms with van der Waals surface area (Å²) >= 11 is 1.32. The quantitative estimate of drug-likeness (QED) is 0.226. The molecule has 29 heavy (non-hydrogen) atoms. The third-order valence-electron chi connectivity index (χ3n) is 2.27. The van der Waals surface area contributed by atoms with Gasteiger partial charge in [0.2, 0.25) is 0 Å². The van der Waals surface area contributed by atoms with Gasteiger partial charge in [-0.1, -0.05) is 0 Å². The van der Waals surface area contributed by atoms with E-state index in [0.29, 0.717) is 6.61 Å². The Labute approximate surface area is 182 Å². The van der Waals surface area contributed by atoms with Crippen molar-refractivity contribution in [3.05, 3.63) is 99.7 Å². The fourth-order valence-electron chi connectivity index (χ4n) is 1.41. The normalized spacial score (nSPS) is 7.90. The minimum atomic E-state index is 0.701. The van der Waals surface area contributed by atoms with Gasteiger partial charge in [0.15, 0.2) is 0 Å². The summed E-state index contributed by atoms with van der Waals surface area (Å²) in [6, 6.07) is 10.2. The van der Waals surface area contributed by atoms with Crippen molar-refractivity contribution in [3.63, 3.8) is 0 Å². The molecule has 1 rings (SSSR count). The van der Waals surface area contributed by atoms with Gasteiger partial charge < -0.3 is 0 Å². The number of rotatable bonds is 8. The monoisotopic (exact) mass is 565 g/mol. The van der Waals surface area contributed by atoms with E-state index in [1.54, 1.807) is 0 Å². The molecular formula is C21H19NO6W. The van der Waals surface area contributed by atoms with Crippen molar-refractivity contribution in [2.75, 3.05) is 13.2 Å². The first-order valence-electron chi connectivity index (χ1n) is 7.24. The van der Waals surface area contributed by atoms with Crippen LogP contribution in [0.1, 0.15) is 12.5 Å². The van der Waals surface area contributed by atoms with Crippen LogP contribution >= 0.6 is 0 Å². The Kier molecular flexibility index (Phi) is 51.7. The van der Waals surface area contributed by atoms with Crippen LogP contribution in [0.25, 0.3) is 6.08 Å². The van der Waals surface area contributed by atoms with Gasteiger partial charge in [0.1, 0.15) is 0 Å². The molecule has 0 unspecified atom stereocenters. The molecule has 1 N–H and O–H groups in total. The zero-order chi connectivity index (χ0) is 23.9. The molecule has 0 saturated heterocycles. The third kappa shape index (κ3) is 30.4. The van der Waals surface area contributed by atoms with Crippen LogP contribution in [0.5, 0.6) is 0 Å². The van der Waals surface area contributed by atoms with Gasteiger partial charge in [-0.25, -0.2) is 0 Å². The fraction of sp³-hybridized carbons (Fsp3) is 0.143. The molecular weight excluding hydrogens is 546 g/mol. The Bertz CT molecular complexity index is 635. The number of allylic oxidation sites excluding steroid dienone is 1. The van der Waals surface area contributed by atoms with Crippen molar-refractivity contribution in [1.29, 1.82) is 0 Å². The average Bonchev–Trinajstić information content (AvgIpc) is 2.83. The maximum absolute atomic E-state index is 7.50. The van der Waals surface area contributed by atoms with E-state index in [0.717, 1.165) is 16.3 Å². The molecule has 0 aliphatic carbocycles. The molecule has 0 saturated carbocycles. The minimum absolute atomic E-state index is 0.701. The van der Waals surface area contributed by atoms with Crippen LogP contribution in [0.3, 0.4) is 0 Å². The Morgan fingerprint density at radius 2 is 1.48 bits per heavy atom. The predicted octanol–water partition coefficient (Wildman–Crippen LogP) is 2.88. The molecule has 0 bridgehead atoms. The molecule has 0 spiro atoms. The molecule has 0 aromatic heterocycles. The Morgan fingerprint density at radius 3 is 1.90 bits per heavy atom. The van der Waals surface area contributed by atoms with Crippen molar-refractivity contribution in [2.45, 2.75) is 6.92 Å². The van der Waals surface area contributed by atoms with E-state index in [2.05, 4.69) is 69.4 Å². The van der Waals surface area contributed by atoms with E-state index >= 15 is 0 Å². The summed E-state index contributed by atoms with van der Waals surface area (Å²) in [4.78, 5) is 0. The van der Waals surface area contributed by atoms with Gasteiger partial charge in [-0.15, -0.1) is 0 Å². The topological polar surface area (TPSA) is 121 Å². The number of ether oxygens (including phenoxy) is 1. The fourth-order valence-corrected chi connectivity index (χ4v) is 2.29. The molecule has 7 nitrogen and oxygen atoms in total. The number of hydrogen-bond acceptors (Lipinski definition) is 2. The number of nitrogens with one attached hydrogen (secondary N) is 1. The van der Waals surface area contributed by atoms with Crippen LogP contribution in [-0.4, -0.2) is 17.2 Å². The van der Waals surface area contributed by atoms with Gasteiger partial charge in [0.05, 0.1) is 0 Å². The van der Waals surface area contributed by atoms with Crippen molar-refractivity contribution >= 4 is 10.2 Å². The molecule has 8 heteroatoms. The predicted molar refractivity (Wildman–Crippen MR) is 98.0 cm³/mol. The van der Waals surface area contributed by atoms with Crippen LogP contribution in [0, 0.1) is 33.3 Å². The molecule has 0 aliphatic rings. The van der Waals surface area contributed by atoms with Crippen LogP contribution in [0.4, 0.5) is 0 Å². The molecule has 1 aromatic rings. The van der Waals surface area contributed by atoms with Crippen molar-refractivity contribution < 1.29 is 47.4 Å². The van der Waals surface area contributed by atoms with E-state index in [1.807, 2.05) is 37.3 Å². The van der Waals surface area contributed by atoms with E-state index in [9.17, 15) is 0 Å². The Balaban J connectivity index is -0.000000167. The Morgan fingerprint density at radius 1 is 1.00 bits per heavy atom. The number of benzene rings is 1. The average molecular weight is 565 g/mol. The summed E-state index contributed by atoms with van der Waals surface area (Å²) in [5.41, 5.74) is 2.21. The van der Waals surface area contributed by atoms with Crippen LogP contribution < -0.4 is 5.32 Å². The van der Waals surface area contributed by atoms with Gasteiger partial charge in [-0.2, -0.15) is 0 Å². The van der Waals surface area contributed by atoms with E-state index < -0.39 is 0 Å². The van der Waals surface area contributed by atoms with Crippen LogP contribution in [0.2, 0.25) is 0 Å². The first-order valence-corrected chi connectivity index (χ1v) is 8.71. The second kappa shape index (κ2) is 40.2. The second-order valence-corrected chi connectivity index (χ2v) is 5.21. The molecule has 0 amide bonds. The van der Waals surface area contributed by atoms with Crippen LogP contribution in [-0.2, 0) is 47.4 Å². The summed E-state index contributed by atoms with van der Waals surface area (Å²) in [6.45, 7) is 29.6. The van der Waals surface area contributed by atoms with Crippen molar-refractivity contribution in [2.24, 2.45) is 0 Å². The van der Waals surface area contributed by atoms with Gasteiger partial charge >= 0.3 is 183 Å².